The quantitative estimate of drug-likeness (QED) is 0.597. The second-order valence-corrected chi connectivity index (χ2v) is 4.50. The second kappa shape index (κ2) is 6.96. The fraction of sp³-hybridized carbons (Fsp3) is 0.333. The smallest absolute Gasteiger partial charge is 0.373 e. The number of hydrogen-bond donors (Lipinski definition) is 0. The second-order valence-electron chi connectivity index (χ2n) is 3.22. The lowest BCUT2D eigenvalue weighted by Gasteiger charge is -1.92. The first-order valence-corrected chi connectivity index (χ1v) is 6.10. The molecule has 0 unspecified atom stereocenters. The third-order valence-corrected chi connectivity index (χ3v) is 2.73. The summed E-state index contributed by atoms with van der Waals surface area (Å²) in [5, 5.41) is 0.115. The highest BCUT2D eigenvalue weighted by atomic mass is 32.2. The molecule has 0 bridgehead atoms. The van der Waals surface area contributed by atoms with Crippen LogP contribution in [0.2, 0.25) is 0 Å². The number of allylic oxidation sites excluding steroid dienone is 1. The van der Waals surface area contributed by atoms with E-state index in [4.69, 9.17) is 4.42 Å². The zero-order valence-corrected chi connectivity index (χ0v) is 10.6. The van der Waals surface area contributed by atoms with Crippen molar-refractivity contribution in [2.45, 2.75) is 13.3 Å². The fourth-order valence-corrected chi connectivity index (χ4v) is 1.66. The number of rotatable bonds is 5. The number of thioether (sulfide) groups is 1. The third-order valence-electron chi connectivity index (χ3n) is 1.89. The van der Waals surface area contributed by atoms with Gasteiger partial charge in [-0.05, 0) is 24.6 Å². The summed E-state index contributed by atoms with van der Waals surface area (Å²) in [7, 11) is 1.30. The van der Waals surface area contributed by atoms with Crippen molar-refractivity contribution in [3.8, 4) is 0 Å². The Morgan fingerprint density at radius 3 is 2.88 bits per heavy atom. The van der Waals surface area contributed by atoms with Crippen LogP contribution in [-0.2, 0) is 9.53 Å². The van der Waals surface area contributed by atoms with Crippen LogP contribution < -0.4 is 0 Å². The van der Waals surface area contributed by atoms with E-state index in [9.17, 15) is 9.59 Å². The molecule has 4 nitrogen and oxygen atoms in total. The van der Waals surface area contributed by atoms with Gasteiger partial charge < -0.3 is 9.15 Å². The highest BCUT2D eigenvalue weighted by molar-refractivity contribution is 8.13. The fourth-order valence-electron chi connectivity index (χ4n) is 1.12. The maximum Gasteiger partial charge on any atom is 0.373 e. The third kappa shape index (κ3) is 4.91. The van der Waals surface area contributed by atoms with Gasteiger partial charge in [0, 0.05) is 12.7 Å². The molecule has 0 saturated carbocycles. The van der Waals surface area contributed by atoms with Crippen molar-refractivity contribution in [3.05, 3.63) is 29.7 Å². The van der Waals surface area contributed by atoms with Gasteiger partial charge in [-0.1, -0.05) is 17.8 Å². The van der Waals surface area contributed by atoms with Crippen LogP contribution in [0.1, 0.15) is 29.7 Å². The van der Waals surface area contributed by atoms with Gasteiger partial charge in [0.2, 0.25) is 5.76 Å². The predicted molar refractivity (Wildman–Crippen MR) is 66.8 cm³/mol. The number of ether oxygens (including phenoxy) is 1. The molecule has 0 saturated heterocycles. The number of carbonyl (C=O) groups excluding carboxylic acids is 2. The Morgan fingerprint density at radius 2 is 2.24 bits per heavy atom. The number of esters is 1. The van der Waals surface area contributed by atoms with Crippen molar-refractivity contribution >= 4 is 28.9 Å². The standard InChI is InChI=1S/C12H14O4S/c1-9(13)17-8-4-3-5-10-6-7-11(16-10)12(14)15-2/h3,5-7H,4,8H2,1-2H3. The molecule has 0 aromatic carbocycles. The van der Waals surface area contributed by atoms with Crippen molar-refractivity contribution in [1.82, 2.24) is 0 Å². The molecule has 1 aromatic heterocycles. The molecule has 0 atom stereocenters. The summed E-state index contributed by atoms with van der Waals surface area (Å²) in [6.45, 7) is 1.55. The van der Waals surface area contributed by atoms with Gasteiger partial charge >= 0.3 is 5.97 Å². The molecule has 0 aliphatic rings. The summed E-state index contributed by atoms with van der Waals surface area (Å²) in [6.07, 6.45) is 4.45. The average molecular weight is 254 g/mol. The summed E-state index contributed by atoms with van der Waals surface area (Å²) in [4.78, 5) is 21.8. The highest BCUT2D eigenvalue weighted by Gasteiger charge is 2.09. The zero-order valence-electron chi connectivity index (χ0n) is 9.76. The van der Waals surface area contributed by atoms with Crippen LogP contribution in [0, 0.1) is 0 Å². The molecule has 0 N–H and O–H groups in total. The number of carbonyl (C=O) groups is 2. The normalized spacial score (nSPS) is 10.7. The van der Waals surface area contributed by atoms with E-state index in [0.717, 1.165) is 12.2 Å². The van der Waals surface area contributed by atoms with E-state index in [1.54, 1.807) is 25.1 Å². The van der Waals surface area contributed by atoms with Crippen LogP contribution in [0.15, 0.2) is 22.6 Å². The molecule has 0 spiro atoms. The Hall–Kier alpha value is -1.49. The topological polar surface area (TPSA) is 56.5 Å². The summed E-state index contributed by atoms with van der Waals surface area (Å²) >= 11 is 1.29. The van der Waals surface area contributed by atoms with Crippen LogP contribution in [0.5, 0.6) is 0 Å². The molecule has 92 valence electrons. The van der Waals surface area contributed by atoms with Gasteiger partial charge in [0.25, 0.3) is 0 Å². The zero-order chi connectivity index (χ0) is 12.7. The Labute approximate surface area is 104 Å². The lowest BCUT2D eigenvalue weighted by Crippen LogP contribution is -1.98. The number of hydrogen-bond acceptors (Lipinski definition) is 5. The van der Waals surface area contributed by atoms with Crippen molar-refractivity contribution in [2.75, 3.05) is 12.9 Å². The lowest BCUT2D eigenvalue weighted by molar-refractivity contribution is -0.109. The number of furan rings is 1. The van der Waals surface area contributed by atoms with Crippen LogP contribution in [0.4, 0.5) is 0 Å². The summed E-state index contributed by atoms with van der Waals surface area (Å²) < 4.78 is 9.75. The average Bonchev–Trinajstić information content (AvgIpc) is 2.76. The van der Waals surface area contributed by atoms with Gasteiger partial charge in [0.15, 0.2) is 5.12 Å². The molecule has 0 radical (unpaired) electrons. The highest BCUT2D eigenvalue weighted by Crippen LogP contribution is 2.11. The maximum atomic E-state index is 11.1. The minimum absolute atomic E-state index is 0.115. The van der Waals surface area contributed by atoms with E-state index < -0.39 is 5.97 Å². The van der Waals surface area contributed by atoms with Gasteiger partial charge in [-0.3, -0.25) is 4.79 Å². The van der Waals surface area contributed by atoms with Crippen LogP contribution >= 0.6 is 11.8 Å². The van der Waals surface area contributed by atoms with Crippen molar-refractivity contribution in [2.24, 2.45) is 0 Å². The molecular formula is C12H14O4S. The van der Waals surface area contributed by atoms with Crippen molar-refractivity contribution in [1.29, 1.82) is 0 Å². The van der Waals surface area contributed by atoms with Gasteiger partial charge in [0.1, 0.15) is 5.76 Å². The summed E-state index contributed by atoms with van der Waals surface area (Å²) in [5.41, 5.74) is 0. The Balaban J connectivity index is 2.41. The summed E-state index contributed by atoms with van der Waals surface area (Å²) in [5.74, 6) is 1.04. The molecule has 1 aromatic rings. The summed E-state index contributed by atoms with van der Waals surface area (Å²) in [6, 6.07) is 3.26. The minimum atomic E-state index is -0.489. The van der Waals surface area contributed by atoms with E-state index >= 15 is 0 Å². The Kier molecular flexibility index (Phi) is 5.56. The maximum absolute atomic E-state index is 11.1. The van der Waals surface area contributed by atoms with Crippen molar-refractivity contribution < 1.29 is 18.7 Å². The minimum Gasteiger partial charge on any atom is -0.463 e. The molecule has 5 heteroatoms. The molecule has 17 heavy (non-hydrogen) atoms. The molecule has 0 fully saturated rings. The molecule has 0 amide bonds. The van der Waals surface area contributed by atoms with Gasteiger partial charge in [-0.25, -0.2) is 4.79 Å². The first-order valence-electron chi connectivity index (χ1n) is 5.11. The van der Waals surface area contributed by atoms with Crippen molar-refractivity contribution in [3.63, 3.8) is 0 Å². The first-order chi connectivity index (χ1) is 8.13. The molecular weight excluding hydrogens is 240 g/mol. The Bertz CT molecular complexity index is 420. The predicted octanol–water partition coefficient (Wildman–Crippen LogP) is 2.75. The van der Waals surface area contributed by atoms with E-state index in [0.29, 0.717) is 5.76 Å². The molecule has 1 heterocycles. The molecule has 0 aliphatic heterocycles. The van der Waals surface area contributed by atoms with Crippen LogP contribution in [0.3, 0.4) is 0 Å². The number of methoxy groups -OCH3 is 1. The van der Waals surface area contributed by atoms with E-state index in [1.165, 1.54) is 18.9 Å². The monoisotopic (exact) mass is 254 g/mol. The SMILES string of the molecule is COC(=O)c1ccc(C=CCCSC(C)=O)o1. The van der Waals surface area contributed by atoms with Crippen LogP contribution in [0.25, 0.3) is 6.08 Å². The van der Waals surface area contributed by atoms with Gasteiger partial charge in [-0.2, -0.15) is 0 Å². The molecule has 0 aliphatic carbocycles. The van der Waals surface area contributed by atoms with Gasteiger partial charge in [-0.15, -0.1) is 0 Å². The largest absolute Gasteiger partial charge is 0.463 e. The van der Waals surface area contributed by atoms with E-state index in [2.05, 4.69) is 4.74 Å². The Morgan fingerprint density at radius 1 is 1.47 bits per heavy atom. The van der Waals surface area contributed by atoms with E-state index in [-0.39, 0.29) is 10.9 Å². The van der Waals surface area contributed by atoms with Crippen LogP contribution in [-0.4, -0.2) is 23.9 Å². The van der Waals surface area contributed by atoms with Gasteiger partial charge in [0.05, 0.1) is 7.11 Å². The first kappa shape index (κ1) is 13.6. The molecule has 1 rings (SSSR count). The van der Waals surface area contributed by atoms with E-state index in [1.807, 2.05) is 6.08 Å². The lowest BCUT2D eigenvalue weighted by atomic mass is 10.3.